The topological polar surface area (TPSA) is 72.8 Å². The fourth-order valence-corrected chi connectivity index (χ4v) is 3.49. The van der Waals surface area contributed by atoms with Crippen molar-refractivity contribution >= 4 is 10.4 Å². The molecule has 0 saturated carbocycles. The first-order valence-electron chi connectivity index (χ1n) is 7.30. The Kier molecular flexibility index (Phi) is 3.82. The van der Waals surface area contributed by atoms with Gasteiger partial charge in [0.25, 0.3) is 0 Å². The van der Waals surface area contributed by atoms with E-state index < -0.39 is 15.8 Å². The van der Waals surface area contributed by atoms with Crippen molar-refractivity contribution in [1.82, 2.24) is 0 Å². The van der Waals surface area contributed by atoms with E-state index in [0.717, 1.165) is 22.4 Å². The number of ether oxygens (including phenoxy) is 1. The van der Waals surface area contributed by atoms with Crippen LogP contribution in [-0.4, -0.2) is 19.6 Å². The Labute approximate surface area is 135 Å². The van der Waals surface area contributed by atoms with Crippen LogP contribution in [0.25, 0.3) is 0 Å². The second-order valence-electron chi connectivity index (χ2n) is 6.02. The lowest BCUT2D eigenvalue weighted by Gasteiger charge is -2.29. The molecular formula is C17H18O5S. The summed E-state index contributed by atoms with van der Waals surface area (Å²) in [6, 6.07) is 12.9. The van der Waals surface area contributed by atoms with Crippen molar-refractivity contribution in [2.45, 2.75) is 25.7 Å². The van der Waals surface area contributed by atoms with Gasteiger partial charge in [0.1, 0.15) is 11.5 Å². The molecule has 2 aromatic rings. The van der Waals surface area contributed by atoms with Crippen molar-refractivity contribution in [1.29, 1.82) is 0 Å². The number of hydrogen-bond donors (Lipinski definition) is 1. The highest BCUT2D eigenvalue weighted by molar-refractivity contribution is 7.81. The van der Waals surface area contributed by atoms with E-state index >= 15 is 0 Å². The van der Waals surface area contributed by atoms with E-state index in [-0.39, 0.29) is 5.75 Å². The summed E-state index contributed by atoms with van der Waals surface area (Å²) in [7, 11) is -4.60. The molecule has 23 heavy (non-hydrogen) atoms. The van der Waals surface area contributed by atoms with Crippen LogP contribution in [0.3, 0.4) is 0 Å². The molecule has 1 N–H and O–H groups in total. The van der Waals surface area contributed by atoms with Gasteiger partial charge in [-0.15, -0.1) is 0 Å². The van der Waals surface area contributed by atoms with E-state index in [1.807, 2.05) is 44.2 Å². The molecule has 5 nitrogen and oxygen atoms in total. The molecule has 0 aromatic heterocycles. The lowest BCUT2D eigenvalue weighted by molar-refractivity contribution is 0.356. The van der Waals surface area contributed by atoms with Crippen LogP contribution < -0.4 is 8.92 Å². The van der Waals surface area contributed by atoms with Crippen LogP contribution in [-0.2, 0) is 22.2 Å². The highest BCUT2D eigenvalue weighted by atomic mass is 32.3. The summed E-state index contributed by atoms with van der Waals surface area (Å²) in [5, 5.41) is 0. The normalized spacial score (nSPS) is 14.2. The predicted octanol–water partition coefficient (Wildman–Crippen LogP) is 3.13. The Bertz CT molecular complexity index is 826. The summed E-state index contributed by atoms with van der Waals surface area (Å²) in [4.78, 5) is 0. The number of fused-ring (bicyclic) bond motifs is 1. The molecule has 122 valence electrons. The van der Waals surface area contributed by atoms with Gasteiger partial charge in [0.2, 0.25) is 0 Å². The molecule has 0 spiro atoms. The average molecular weight is 334 g/mol. The predicted molar refractivity (Wildman–Crippen MR) is 86.4 cm³/mol. The van der Waals surface area contributed by atoms with E-state index in [2.05, 4.69) is 0 Å². The summed E-state index contributed by atoms with van der Waals surface area (Å²) >= 11 is 0. The Morgan fingerprint density at radius 2 is 1.83 bits per heavy atom. The molecular weight excluding hydrogens is 316 g/mol. The molecule has 0 radical (unpaired) electrons. The third-order valence-corrected chi connectivity index (χ3v) is 4.55. The highest BCUT2D eigenvalue weighted by Crippen LogP contribution is 2.44. The van der Waals surface area contributed by atoms with Gasteiger partial charge in [0.05, 0.1) is 6.61 Å². The zero-order valence-electron chi connectivity index (χ0n) is 12.9. The van der Waals surface area contributed by atoms with E-state index in [4.69, 9.17) is 13.5 Å². The van der Waals surface area contributed by atoms with Gasteiger partial charge in [0.15, 0.2) is 0 Å². The summed E-state index contributed by atoms with van der Waals surface area (Å²) in [6.45, 7) is 4.53. The van der Waals surface area contributed by atoms with Crippen molar-refractivity contribution < 1.29 is 21.9 Å². The van der Waals surface area contributed by atoms with Crippen molar-refractivity contribution in [3.8, 4) is 11.5 Å². The molecule has 0 aliphatic carbocycles. The van der Waals surface area contributed by atoms with Gasteiger partial charge in [-0.1, -0.05) is 44.2 Å². The van der Waals surface area contributed by atoms with Crippen LogP contribution in [0, 0.1) is 0 Å². The third kappa shape index (κ3) is 3.04. The Morgan fingerprint density at radius 1 is 1.13 bits per heavy atom. The Morgan fingerprint density at radius 3 is 2.48 bits per heavy atom. The lowest BCUT2D eigenvalue weighted by atomic mass is 9.75. The van der Waals surface area contributed by atoms with Gasteiger partial charge >= 0.3 is 10.4 Å². The van der Waals surface area contributed by atoms with Crippen LogP contribution in [0.2, 0.25) is 0 Å². The first kappa shape index (κ1) is 15.8. The molecule has 1 heterocycles. The largest absolute Gasteiger partial charge is 0.493 e. The van der Waals surface area contributed by atoms with Gasteiger partial charge in [-0.05, 0) is 17.7 Å². The first-order valence-corrected chi connectivity index (χ1v) is 8.67. The van der Waals surface area contributed by atoms with E-state index in [0.29, 0.717) is 13.0 Å². The highest BCUT2D eigenvalue weighted by Gasteiger charge is 2.34. The molecule has 2 aromatic carbocycles. The maximum atomic E-state index is 11.2. The number of benzene rings is 2. The van der Waals surface area contributed by atoms with Crippen LogP contribution in [0.1, 0.15) is 30.5 Å². The zero-order chi connectivity index (χ0) is 16.7. The average Bonchev–Trinajstić information content (AvgIpc) is 2.94. The third-order valence-electron chi connectivity index (χ3n) is 4.16. The molecule has 0 bridgehead atoms. The van der Waals surface area contributed by atoms with E-state index in [9.17, 15) is 8.42 Å². The SMILES string of the molecule is CC(C)(c1ccccc1)c1c(OS(=O)(=O)O)ccc2c1CCO2. The molecule has 0 unspecified atom stereocenters. The molecule has 1 aliphatic heterocycles. The molecule has 0 amide bonds. The van der Waals surface area contributed by atoms with Crippen molar-refractivity contribution in [2.75, 3.05) is 6.61 Å². The van der Waals surface area contributed by atoms with E-state index in [1.54, 1.807) is 6.07 Å². The maximum Gasteiger partial charge on any atom is 0.446 e. The van der Waals surface area contributed by atoms with Crippen molar-refractivity contribution in [2.24, 2.45) is 0 Å². The minimum atomic E-state index is -4.60. The summed E-state index contributed by atoms with van der Waals surface area (Å²) in [5.74, 6) is 0.859. The lowest BCUT2D eigenvalue weighted by Crippen LogP contribution is -2.23. The minimum Gasteiger partial charge on any atom is -0.493 e. The van der Waals surface area contributed by atoms with Crippen LogP contribution in [0.15, 0.2) is 42.5 Å². The zero-order valence-corrected chi connectivity index (χ0v) is 13.8. The summed E-state index contributed by atoms with van der Waals surface area (Å²) < 4.78 is 42.0. The molecule has 0 atom stereocenters. The van der Waals surface area contributed by atoms with Gasteiger partial charge in [-0.2, -0.15) is 8.42 Å². The van der Waals surface area contributed by atoms with Crippen molar-refractivity contribution in [3.05, 3.63) is 59.2 Å². The smallest absolute Gasteiger partial charge is 0.446 e. The van der Waals surface area contributed by atoms with Gasteiger partial charge < -0.3 is 8.92 Å². The van der Waals surface area contributed by atoms with Gasteiger partial charge in [0, 0.05) is 23.0 Å². The molecule has 3 rings (SSSR count). The van der Waals surface area contributed by atoms with Crippen LogP contribution in [0.4, 0.5) is 0 Å². The van der Waals surface area contributed by atoms with Crippen LogP contribution >= 0.6 is 0 Å². The molecule has 6 heteroatoms. The second kappa shape index (κ2) is 5.54. The molecule has 0 saturated heterocycles. The Balaban J connectivity index is 2.22. The van der Waals surface area contributed by atoms with E-state index in [1.165, 1.54) is 6.07 Å². The fourth-order valence-electron chi connectivity index (χ4n) is 3.12. The Hall–Kier alpha value is -2.05. The summed E-state index contributed by atoms with van der Waals surface area (Å²) in [6.07, 6.45) is 0.670. The second-order valence-corrected chi connectivity index (χ2v) is 7.04. The maximum absolute atomic E-state index is 11.2. The first-order chi connectivity index (χ1) is 10.8. The summed E-state index contributed by atoms with van der Waals surface area (Å²) in [5.41, 5.74) is 2.14. The number of rotatable bonds is 4. The fraction of sp³-hybridized carbons (Fsp3) is 0.294. The van der Waals surface area contributed by atoms with Gasteiger partial charge in [-0.3, -0.25) is 4.55 Å². The quantitative estimate of drug-likeness (QED) is 0.870. The van der Waals surface area contributed by atoms with Gasteiger partial charge in [-0.25, -0.2) is 0 Å². The van der Waals surface area contributed by atoms with Crippen molar-refractivity contribution in [3.63, 3.8) is 0 Å². The number of hydrogen-bond acceptors (Lipinski definition) is 4. The van der Waals surface area contributed by atoms with Crippen LogP contribution in [0.5, 0.6) is 11.5 Å². The standard InChI is InChI=1S/C17H18O5S/c1-17(2,12-6-4-3-5-7-12)16-13-10-11-21-14(13)8-9-15(16)22-23(18,19)20/h3-9H,10-11H2,1-2H3,(H,18,19,20). The minimum absolute atomic E-state index is 0.130. The molecule has 1 aliphatic rings. The molecule has 0 fully saturated rings. The monoisotopic (exact) mass is 334 g/mol.